The highest BCUT2D eigenvalue weighted by molar-refractivity contribution is 5.77. The third-order valence-electron chi connectivity index (χ3n) is 10.1. The normalized spacial score (nSPS) is 15.6. The largest absolute Gasteiger partial charge is 0.541 e. The second-order valence-corrected chi connectivity index (χ2v) is 15.7. The van der Waals surface area contributed by atoms with Gasteiger partial charge in [0.25, 0.3) is 0 Å². The van der Waals surface area contributed by atoms with Crippen LogP contribution in [0.2, 0.25) is 0 Å². The van der Waals surface area contributed by atoms with Crippen LogP contribution in [0.1, 0.15) is 137 Å². The number of hydrogen-bond acceptors (Lipinski definition) is 8. The first-order chi connectivity index (χ1) is 22.0. The Balaban J connectivity index is 1.86. The summed E-state index contributed by atoms with van der Waals surface area (Å²) in [4.78, 5) is 34.6. The van der Waals surface area contributed by atoms with E-state index in [0.29, 0.717) is 24.4 Å². The Bertz CT molecular complexity index is 1260. The highest BCUT2D eigenvalue weighted by Gasteiger charge is 2.51. The highest BCUT2D eigenvalue weighted by Crippen LogP contribution is 2.57. The molecule has 0 bridgehead atoms. The zero-order valence-electron chi connectivity index (χ0n) is 30.6. The summed E-state index contributed by atoms with van der Waals surface area (Å²) in [6.45, 7) is 24.4. The van der Waals surface area contributed by atoms with Crippen LogP contribution in [0.3, 0.4) is 0 Å². The average molecular weight is 653 g/mol. The Kier molecular flexibility index (Phi) is 13.3. The van der Waals surface area contributed by atoms with E-state index >= 15 is 0 Å². The number of hydrogen-bond donors (Lipinski definition) is 1. The van der Waals surface area contributed by atoms with Gasteiger partial charge in [0.2, 0.25) is 0 Å². The molecule has 1 fully saturated rings. The molecule has 3 rings (SSSR count). The van der Waals surface area contributed by atoms with Crippen molar-refractivity contribution in [2.75, 3.05) is 13.1 Å². The third kappa shape index (κ3) is 9.73. The lowest BCUT2D eigenvalue weighted by atomic mass is 9.49. The lowest BCUT2D eigenvalue weighted by Crippen LogP contribution is -2.50. The number of cyclic esters (lactones) is 2. The van der Waals surface area contributed by atoms with Gasteiger partial charge in [-0.2, -0.15) is 0 Å². The Morgan fingerprint density at radius 2 is 1.32 bits per heavy atom. The van der Waals surface area contributed by atoms with Crippen LogP contribution in [0.15, 0.2) is 48.5 Å². The van der Waals surface area contributed by atoms with Crippen molar-refractivity contribution in [3.05, 3.63) is 65.2 Å². The van der Waals surface area contributed by atoms with Crippen molar-refractivity contribution in [1.29, 1.82) is 0 Å². The number of aromatic hydroxyl groups is 1. The van der Waals surface area contributed by atoms with Crippen molar-refractivity contribution in [2.45, 2.75) is 138 Å². The van der Waals surface area contributed by atoms with E-state index in [9.17, 15) is 14.7 Å². The van der Waals surface area contributed by atoms with Gasteiger partial charge in [0.1, 0.15) is 5.75 Å². The van der Waals surface area contributed by atoms with Crippen molar-refractivity contribution in [3.8, 4) is 5.75 Å². The molecule has 0 aliphatic carbocycles. The minimum atomic E-state index is -1.07. The van der Waals surface area contributed by atoms with Gasteiger partial charge in [-0.25, -0.2) is 9.59 Å². The maximum Gasteiger partial charge on any atom is 0.541 e. The molecule has 8 heteroatoms. The lowest BCUT2D eigenvalue weighted by Gasteiger charge is -2.55. The molecule has 0 spiro atoms. The molecule has 2 aromatic carbocycles. The summed E-state index contributed by atoms with van der Waals surface area (Å²) in [6, 6.07) is 17.9. The minimum Gasteiger partial charge on any atom is -0.508 e. The molecule has 262 valence electrons. The van der Waals surface area contributed by atoms with E-state index in [1.54, 1.807) is 0 Å². The van der Waals surface area contributed by atoms with Gasteiger partial charge in [-0.1, -0.05) is 110 Å². The average Bonchev–Trinajstić information content (AvgIpc) is 2.96. The number of nitrogens with zero attached hydrogens (tertiary/aromatic N) is 2. The van der Waals surface area contributed by atoms with Gasteiger partial charge in [-0.3, -0.25) is 14.6 Å². The van der Waals surface area contributed by atoms with E-state index in [1.807, 2.05) is 6.07 Å². The van der Waals surface area contributed by atoms with Crippen molar-refractivity contribution >= 4 is 12.3 Å². The number of rotatable bonds is 16. The molecule has 2 aromatic rings. The van der Waals surface area contributed by atoms with Gasteiger partial charge < -0.3 is 9.84 Å². The van der Waals surface area contributed by atoms with E-state index in [-0.39, 0.29) is 22.2 Å². The highest BCUT2D eigenvalue weighted by atomic mass is 17.1. The van der Waals surface area contributed by atoms with E-state index in [2.05, 4.69) is 121 Å². The molecule has 1 heterocycles. The zero-order valence-corrected chi connectivity index (χ0v) is 30.6. The van der Waals surface area contributed by atoms with Crippen molar-refractivity contribution in [2.24, 2.45) is 10.8 Å². The van der Waals surface area contributed by atoms with Gasteiger partial charge in [0.15, 0.2) is 0 Å². The lowest BCUT2D eigenvalue weighted by molar-refractivity contribution is -0.333. The monoisotopic (exact) mass is 652 g/mol. The Morgan fingerprint density at radius 3 is 1.87 bits per heavy atom. The van der Waals surface area contributed by atoms with E-state index in [1.165, 1.54) is 11.1 Å². The van der Waals surface area contributed by atoms with Crippen LogP contribution in [-0.4, -0.2) is 52.7 Å². The number of carbonyl (C=O) groups excluding carboxylic acids is 2. The first-order valence-corrected chi connectivity index (χ1v) is 17.5. The summed E-state index contributed by atoms with van der Waals surface area (Å²) >= 11 is 0. The molecule has 1 N–H and O–H groups in total. The van der Waals surface area contributed by atoms with Gasteiger partial charge in [-0.05, 0) is 81.5 Å². The number of ether oxygens (including phenoxy) is 1. The molecule has 0 saturated carbocycles. The van der Waals surface area contributed by atoms with Crippen molar-refractivity contribution in [3.63, 3.8) is 0 Å². The Labute approximate surface area is 283 Å². The SMILES string of the molecule is CC(C)N(CC[C@H](c1ccccc1)c1cc(C(CCCCCCCN2OC(=O)OC(=O)O2)(C(C)(C)C)C(C)(C)C)ccc1O)C(C)C. The van der Waals surface area contributed by atoms with Crippen molar-refractivity contribution in [1.82, 2.24) is 10.1 Å². The summed E-state index contributed by atoms with van der Waals surface area (Å²) in [5.41, 5.74) is 3.24. The van der Waals surface area contributed by atoms with E-state index in [4.69, 9.17) is 9.68 Å². The number of hydroxylamine groups is 2. The van der Waals surface area contributed by atoms with Crippen molar-refractivity contribution < 1.29 is 29.1 Å². The molecule has 1 aliphatic rings. The van der Waals surface area contributed by atoms with Crippen LogP contribution in [0.5, 0.6) is 5.75 Å². The molecule has 0 amide bonds. The van der Waals surface area contributed by atoms with E-state index in [0.717, 1.165) is 62.3 Å². The first-order valence-electron chi connectivity index (χ1n) is 17.5. The summed E-state index contributed by atoms with van der Waals surface area (Å²) < 4.78 is 4.21. The maximum absolute atomic E-state index is 11.5. The summed E-state index contributed by atoms with van der Waals surface area (Å²) in [7, 11) is 0. The molecular weight excluding hydrogens is 592 g/mol. The van der Waals surface area contributed by atoms with Crippen LogP contribution >= 0.6 is 0 Å². The summed E-state index contributed by atoms with van der Waals surface area (Å²) in [5, 5.41) is 12.4. The van der Waals surface area contributed by atoms with Gasteiger partial charge in [0.05, 0.1) is 6.54 Å². The second kappa shape index (κ2) is 16.3. The Morgan fingerprint density at radius 1 is 0.766 bits per heavy atom. The molecule has 1 aliphatic heterocycles. The maximum atomic E-state index is 11.5. The minimum absolute atomic E-state index is 0.0576. The Hall–Kier alpha value is -3.10. The number of benzene rings is 2. The molecule has 1 atom stereocenters. The fraction of sp³-hybridized carbons (Fsp3) is 0.641. The quantitative estimate of drug-likeness (QED) is 0.109. The molecule has 0 aromatic heterocycles. The van der Waals surface area contributed by atoms with Crippen LogP contribution in [0.25, 0.3) is 0 Å². The summed E-state index contributed by atoms with van der Waals surface area (Å²) in [5.74, 6) is 0.426. The third-order valence-corrected chi connectivity index (χ3v) is 10.1. The van der Waals surface area contributed by atoms with Crippen LogP contribution < -0.4 is 0 Å². The van der Waals surface area contributed by atoms with Gasteiger partial charge in [-0.15, -0.1) is 0 Å². The van der Waals surface area contributed by atoms with Crippen LogP contribution in [0, 0.1) is 10.8 Å². The van der Waals surface area contributed by atoms with E-state index < -0.39 is 12.3 Å². The molecule has 1 saturated heterocycles. The second-order valence-electron chi connectivity index (χ2n) is 15.7. The number of phenols is 1. The number of carbonyl (C=O) groups is 2. The first kappa shape index (κ1) is 38.3. The van der Waals surface area contributed by atoms with Crippen LogP contribution in [0.4, 0.5) is 9.59 Å². The summed E-state index contributed by atoms with van der Waals surface area (Å²) in [6.07, 6.45) is 4.53. The molecule has 0 unspecified atom stereocenters. The smallest absolute Gasteiger partial charge is 0.508 e. The molecule has 8 nitrogen and oxygen atoms in total. The molecular formula is C39H60N2O6. The van der Waals surface area contributed by atoms with Crippen LogP contribution in [-0.2, 0) is 19.8 Å². The molecule has 47 heavy (non-hydrogen) atoms. The topological polar surface area (TPSA) is 88.5 Å². The zero-order chi connectivity index (χ0) is 35.0. The van der Waals surface area contributed by atoms with Gasteiger partial charge >= 0.3 is 12.3 Å². The number of phenolic OH excluding ortho intramolecular Hbond substituents is 1. The fourth-order valence-corrected chi connectivity index (χ4v) is 8.11. The predicted molar refractivity (Wildman–Crippen MR) is 187 cm³/mol. The molecule has 0 radical (unpaired) electrons. The fourth-order valence-electron chi connectivity index (χ4n) is 8.11. The van der Waals surface area contributed by atoms with Gasteiger partial charge in [0, 0.05) is 34.2 Å². The predicted octanol–water partition coefficient (Wildman–Crippen LogP) is 10.1. The number of unbranched alkanes of at least 4 members (excludes halogenated alkanes) is 4. The standard InChI is InChI=1S/C39H60N2O6/c1-28(2)40(29(3)4)26-23-32(30-19-15-14-16-20-30)33-27-31(21-22-34(33)42)39(37(5,6)7,38(8,9)10)24-17-12-11-13-18-25-41-46-35(43)45-36(44)47-41/h14-16,19-22,27-29,32,42H,11-13,17-18,23-26H2,1-10H3/t32-/m1/s1.